The van der Waals surface area contributed by atoms with Gasteiger partial charge in [-0.15, -0.1) is 0 Å². The van der Waals surface area contributed by atoms with Gasteiger partial charge in [-0.1, -0.05) is 60.7 Å². The van der Waals surface area contributed by atoms with Crippen molar-refractivity contribution in [3.8, 4) is 0 Å². The molecule has 120 valence electrons. The Morgan fingerprint density at radius 2 is 1.70 bits per heavy atom. The number of rotatable bonds is 5. The van der Waals surface area contributed by atoms with Crippen LogP contribution in [0, 0.1) is 5.92 Å². The minimum absolute atomic E-state index is 0.0596. The van der Waals surface area contributed by atoms with Gasteiger partial charge in [0.05, 0.1) is 13.0 Å². The van der Waals surface area contributed by atoms with Crippen molar-refractivity contribution in [2.75, 3.05) is 7.11 Å². The molecule has 23 heavy (non-hydrogen) atoms. The van der Waals surface area contributed by atoms with Crippen LogP contribution in [-0.4, -0.2) is 19.1 Å². The molecule has 0 aromatic heterocycles. The minimum atomic E-state index is -0.0946. The second-order valence-electron chi connectivity index (χ2n) is 6.12. The Hall–Kier alpha value is -2.13. The van der Waals surface area contributed by atoms with Crippen molar-refractivity contribution in [1.82, 2.24) is 5.32 Å². The van der Waals surface area contributed by atoms with Gasteiger partial charge in [0.25, 0.3) is 0 Å². The summed E-state index contributed by atoms with van der Waals surface area (Å²) in [4.78, 5) is 12.2. The topological polar surface area (TPSA) is 38.3 Å². The monoisotopic (exact) mass is 309 g/mol. The van der Waals surface area contributed by atoms with Gasteiger partial charge in [0.1, 0.15) is 0 Å². The summed E-state index contributed by atoms with van der Waals surface area (Å²) in [6, 6.07) is 21.0. The molecule has 1 aliphatic rings. The molecule has 0 aliphatic heterocycles. The fraction of sp³-hybridized carbons (Fsp3) is 0.350. The Morgan fingerprint density at radius 3 is 2.35 bits per heavy atom. The van der Waals surface area contributed by atoms with Crippen LogP contribution < -0.4 is 5.32 Å². The molecule has 1 aliphatic carbocycles. The second kappa shape index (κ2) is 7.42. The van der Waals surface area contributed by atoms with Gasteiger partial charge in [-0.05, 0) is 24.0 Å². The molecule has 0 bridgehead atoms. The van der Waals surface area contributed by atoms with E-state index in [-0.39, 0.29) is 17.8 Å². The van der Waals surface area contributed by atoms with Crippen molar-refractivity contribution >= 4 is 5.97 Å². The Kier molecular flexibility index (Phi) is 5.09. The number of carbonyl (C=O) groups is 1. The largest absolute Gasteiger partial charge is 0.469 e. The highest BCUT2D eigenvalue weighted by Gasteiger charge is 2.41. The molecular formula is C20H23NO2. The van der Waals surface area contributed by atoms with E-state index in [1.165, 1.54) is 18.2 Å². The maximum Gasteiger partial charge on any atom is 0.309 e. The van der Waals surface area contributed by atoms with Crippen LogP contribution >= 0.6 is 0 Å². The lowest BCUT2D eigenvalue weighted by molar-refractivity contribution is -0.145. The van der Waals surface area contributed by atoms with Crippen molar-refractivity contribution in [2.24, 2.45) is 5.92 Å². The number of carbonyl (C=O) groups excluding carboxylic acids is 1. The molecular weight excluding hydrogens is 286 g/mol. The molecule has 0 heterocycles. The molecule has 0 amide bonds. The Bertz CT molecular complexity index is 627. The van der Waals surface area contributed by atoms with E-state index in [1.54, 1.807) is 0 Å². The molecule has 3 heteroatoms. The van der Waals surface area contributed by atoms with Crippen LogP contribution in [0.25, 0.3) is 0 Å². The molecule has 1 saturated carbocycles. The van der Waals surface area contributed by atoms with Gasteiger partial charge >= 0.3 is 5.97 Å². The lowest BCUT2D eigenvalue weighted by atomic mass is 9.86. The van der Waals surface area contributed by atoms with E-state index in [9.17, 15) is 4.79 Å². The zero-order chi connectivity index (χ0) is 16.1. The second-order valence-corrected chi connectivity index (χ2v) is 6.12. The normalized spacial score (nSPS) is 23.6. The van der Waals surface area contributed by atoms with Crippen LogP contribution in [0.2, 0.25) is 0 Å². The number of ether oxygens (including phenoxy) is 1. The number of nitrogens with one attached hydrogen (secondary N) is 1. The van der Waals surface area contributed by atoms with Crippen molar-refractivity contribution in [2.45, 2.75) is 31.3 Å². The van der Waals surface area contributed by atoms with E-state index in [4.69, 9.17) is 4.74 Å². The van der Waals surface area contributed by atoms with E-state index in [2.05, 4.69) is 41.7 Å². The summed E-state index contributed by atoms with van der Waals surface area (Å²) in [5.74, 6) is 0.0194. The van der Waals surface area contributed by atoms with Crippen LogP contribution in [0.5, 0.6) is 0 Å². The molecule has 1 N–H and O–H groups in total. The van der Waals surface area contributed by atoms with Gasteiger partial charge < -0.3 is 10.1 Å². The first kappa shape index (κ1) is 15.8. The third-order valence-corrected chi connectivity index (χ3v) is 4.76. The van der Waals surface area contributed by atoms with E-state index in [1.807, 2.05) is 24.3 Å². The predicted molar refractivity (Wildman–Crippen MR) is 91.0 cm³/mol. The third-order valence-electron chi connectivity index (χ3n) is 4.76. The lowest BCUT2D eigenvalue weighted by Gasteiger charge is -2.25. The van der Waals surface area contributed by atoms with Crippen LogP contribution in [0.3, 0.4) is 0 Å². The Morgan fingerprint density at radius 1 is 1.04 bits per heavy atom. The van der Waals surface area contributed by atoms with E-state index in [0.717, 1.165) is 19.4 Å². The van der Waals surface area contributed by atoms with Crippen molar-refractivity contribution in [3.63, 3.8) is 0 Å². The average molecular weight is 309 g/mol. The van der Waals surface area contributed by atoms with Crippen LogP contribution in [0.1, 0.15) is 29.9 Å². The number of hydrogen-bond donors (Lipinski definition) is 1. The molecule has 0 unspecified atom stereocenters. The van der Waals surface area contributed by atoms with Gasteiger partial charge in [-0.3, -0.25) is 4.79 Å². The fourth-order valence-electron chi connectivity index (χ4n) is 3.63. The molecule has 3 nitrogen and oxygen atoms in total. The van der Waals surface area contributed by atoms with Crippen molar-refractivity contribution in [3.05, 3.63) is 71.8 Å². The first-order chi connectivity index (χ1) is 11.3. The molecule has 1 fully saturated rings. The number of methoxy groups -OCH3 is 1. The molecule has 0 spiro atoms. The van der Waals surface area contributed by atoms with Gasteiger partial charge in [-0.25, -0.2) is 0 Å². The fourth-order valence-corrected chi connectivity index (χ4v) is 3.63. The molecule has 0 saturated heterocycles. The third kappa shape index (κ3) is 3.62. The number of esters is 1. The van der Waals surface area contributed by atoms with E-state index >= 15 is 0 Å². The maximum atomic E-state index is 12.2. The predicted octanol–water partition coefficient (Wildman–Crippen LogP) is 3.51. The zero-order valence-corrected chi connectivity index (χ0v) is 13.4. The smallest absolute Gasteiger partial charge is 0.309 e. The van der Waals surface area contributed by atoms with Gasteiger partial charge in [-0.2, -0.15) is 0 Å². The standard InChI is InChI=1S/C20H23NO2/c1-23-20(22)17-12-13-18(19(17)16-10-6-3-7-11-16)21-14-15-8-4-2-5-9-15/h2-11,17-19,21H,12-14H2,1H3/t17-,18-,19+/m0/s1. The number of hydrogen-bond acceptors (Lipinski definition) is 3. The SMILES string of the molecule is COC(=O)[C@H]1CC[C@H](NCc2ccccc2)[C@@H]1c1ccccc1. The van der Waals surface area contributed by atoms with Crippen LogP contribution in [0.4, 0.5) is 0 Å². The Balaban J connectivity index is 1.77. The maximum absolute atomic E-state index is 12.2. The highest BCUT2D eigenvalue weighted by atomic mass is 16.5. The minimum Gasteiger partial charge on any atom is -0.469 e. The summed E-state index contributed by atoms with van der Waals surface area (Å²) < 4.78 is 5.03. The van der Waals surface area contributed by atoms with Crippen molar-refractivity contribution in [1.29, 1.82) is 0 Å². The highest BCUT2D eigenvalue weighted by Crippen LogP contribution is 2.40. The summed E-state index contributed by atoms with van der Waals surface area (Å²) in [5, 5.41) is 3.65. The van der Waals surface area contributed by atoms with Crippen molar-refractivity contribution < 1.29 is 9.53 Å². The lowest BCUT2D eigenvalue weighted by Crippen LogP contribution is -2.34. The molecule has 2 aromatic carbocycles. The summed E-state index contributed by atoms with van der Waals surface area (Å²) in [6.07, 6.45) is 1.87. The molecule has 0 radical (unpaired) electrons. The zero-order valence-electron chi connectivity index (χ0n) is 13.4. The number of benzene rings is 2. The average Bonchev–Trinajstić information content (AvgIpc) is 3.05. The van der Waals surface area contributed by atoms with E-state index in [0.29, 0.717) is 6.04 Å². The summed E-state index contributed by atoms with van der Waals surface area (Å²) in [6.45, 7) is 0.822. The summed E-state index contributed by atoms with van der Waals surface area (Å²) in [5.41, 5.74) is 2.48. The van der Waals surface area contributed by atoms with Gasteiger partial charge in [0, 0.05) is 18.5 Å². The first-order valence-corrected chi connectivity index (χ1v) is 8.19. The first-order valence-electron chi connectivity index (χ1n) is 8.19. The highest BCUT2D eigenvalue weighted by molar-refractivity contribution is 5.74. The van der Waals surface area contributed by atoms with Gasteiger partial charge in [0.15, 0.2) is 0 Å². The summed E-state index contributed by atoms with van der Waals surface area (Å²) >= 11 is 0. The van der Waals surface area contributed by atoms with Crippen LogP contribution in [0.15, 0.2) is 60.7 Å². The molecule has 3 rings (SSSR count). The van der Waals surface area contributed by atoms with Gasteiger partial charge in [0.2, 0.25) is 0 Å². The molecule has 3 atom stereocenters. The van der Waals surface area contributed by atoms with E-state index < -0.39 is 0 Å². The quantitative estimate of drug-likeness (QED) is 0.859. The molecule has 2 aromatic rings. The van der Waals surface area contributed by atoms with Crippen LogP contribution in [-0.2, 0) is 16.1 Å². The summed E-state index contributed by atoms with van der Waals surface area (Å²) in [7, 11) is 1.48. The Labute approximate surface area is 137 Å².